The van der Waals surface area contributed by atoms with E-state index in [2.05, 4.69) is 20.9 Å². The molecule has 0 amide bonds. The van der Waals surface area contributed by atoms with Crippen molar-refractivity contribution in [2.75, 3.05) is 13.7 Å². The lowest BCUT2D eigenvalue weighted by Gasteiger charge is -2.08. The standard InChI is InChI=1S/C10H13BrN2O2/c1-15-6-9(12)10(14)3-7-2-8(11)5-13-4-7/h2,4-5,9H,3,6,12H2,1H3. The van der Waals surface area contributed by atoms with Gasteiger partial charge in [0.25, 0.3) is 0 Å². The Hall–Kier alpha value is -0.780. The van der Waals surface area contributed by atoms with Gasteiger partial charge in [-0.25, -0.2) is 0 Å². The number of ketones is 1. The zero-order valence-electron chi connectivity index (χ0n) is 8.44. The van der Waals surface area contributed by atoms with E-state index in [9.17, 15) is 4.79 Å². The molecule has 1 aromatic rings. The summed E-state index contributed by atoms with van der Waals surface area (Å²) in [5, 5.41) is 0. The van der Waals surface area contributed by atoms with Crippen LogP contribution in [0.4, 0.5) is 0 Å². The molecule has 0 bridgehead atoms. The molecular weight excluding hydrogens is 260 g/mol. The van der Waals surface area contributed by atoms with Gasteiger partial charge in [0.05, 0.1) is 12.6 Å². The fourth-order valence-corrected chi connectivity index (χ4v) is 1.57. The quantitative estimate of drug-likeness (QED) is 0.866. The predicted octanol–water partition coefficient (Wildman–Crippen LogP) is 0.929. The lowest BCUT2D eigenvalue weighted by Crippen LogP contribution is -2.35. The zero-order chi connectivity index (χ0) is 11.3. The van der Waals surface area contributed by atoms with E-state index in [0.717, 1.165) is 10.0 Å². The molecule has 4 nitrogen and oxygen atoms in total. The van der Waals surface area contributed by atoms with Crippen LogP contribution in [0.5, 0.6) is 0 Å². The van der Waals surface area contributed by atoms with Gasteiger partial charge in [-0.15, -0.1) is 0 Å². The lowest BCUT2D eigenvalue weighted by atomic mass is 10.1. The Bertz CT molecular complexity index is 344. The molecule has 15 heavy (non-hydrogen) atoms. The molecule has 82 valence electrons. The molecule has 1 aromatic heterocycles. The number of pyridine rings is 1. The minimum Gasteiger partial charge on any atom is -0.383 e. The summed E-state index contributed by atoms with van der Waals surface area (Å²) < 4.78 is 5.67. The fraction of sp³-hybridized carbons (Fsp3) is 0.400. The van der Waals surface area contributed by atoms with Crippen LogP contribution in [0.15, 0.2) is 22.9 Å². The Kier molecular flexibility index (Phi) is 4.87. The van der Waals surface area contributed by atoms with Crippen molar-refractivity contribution in [2.45, 2.75) is 12.5 Å². The number of hydrogen-bond donors (Lipinski definition) is 1. The number of carbonyl (C=O) groups is 1. The molecule has 0 aromatic carbocycles. The van der Waals surface area contributed by atoms with E-state index in [1.54, 1.807) is 12.4 Å². The van der Waals surface area contributed by atoms with Crippen molar-refractivity contribution in [3.63, 3.8) is 0 Å². The molecule has 0 aliphatic carbocycles. The summed E-state index contributed by atoms with van der Waals surface area (Å²) in [6.45, 7) is 0.250. The van der Waals surface area contributed by atoms with Crippen LogP contribution in [0.2, 0.25) is 0 Å². The highest BCUT2D eigenvalue weighted by atomic mass is 79.9. The van der Waals surface area contributed by atoms with Crippen LogP contribution in [0.1, 0.15) is 5.56 Å². The van der Waals surface area contributed by atoms with Crippen molar-refractivity contribution in [1.29, 1.82) is 0 Å². The minimum atomic E-state index is -0.561. The van der Waals surface area contributed by atoms with Crippen molar-refractivity contribution in [2.24, 2.45) is 5.73 Å². The van der Waals surface area contributed by atoms with Crippen LogP contribution in [0, 0.1) is 0 Å². The summed E-state index contributed by atoms with van der Waals surface area (Å²) in [7, 11) is 1.52. The second-order valence-electron chi connectivity index (χ2n) is 3.22. The van der Waals surface area contributed by atoms with Gasteiger partial charge in [0.2, 0.25) is 0 Å². The molecule has 0 spiro atoms. The lowest BCUT2D eigenvalue weighted by molar-refractivity contribution is -0.120. The van der Waals surface area contributed by atoms with Crippen molar-refractivity contribution < 1.29 is 9.53 Å². The third-order valence-corrected chi connectivity index (χ3v) is 2.33. The maximum atomic E-state index is 11.6. The van der Waals surface area contributed by atoms with Crippen LogP contribution in [0.25, 0.3) is 0 Å². The van der Waals surface area contributed by atoms with Gasteiger partial charge in [-0.2, -0.15) is 0 Å². The van der Waals surface area contributed by atoms with E-state index in [0.29, 0.717) is 0 Å². The van der Waals surface area contributed by atoms with Gasteiger partial charge < -0.3 is 10.5 Å². The number of ether oxygens (including phenoxy) is 1. The summed E-state index contributed by atoms with van der Waals surface area (Å²) in [5.74, 6) is -0.0447. The van der Waals surface area contributed by atoms with E-state index < -0.39 is 6.04 Å². The van der Waals surface area contributed by atoms with Gasteiger partial charge >= 0.3 is 0 Å². The van der Waals surface area contributed by atoms with Gasteiger partial charge in [-0.3, -0.25) is 9.78 Å². The summed E-state index contributed by atoms with van der Waals surface area (Å²) in [4.78, 5) is 15.5. The summed E-state index contributed by atoms with van der Waals surface area (Å²) in [5.41, 5.74) is 6.46. The molecule has 2 N–H and O–H groups in total. The normalized spacial score (nSPS) is 12.5. The SMILES string of the molecule is COCC(N)C(=O)Cc1cncc(Br)c1. The second-order valence-corrected chi connectivity index (χ2v) is 4.13. The van der Waals surface area contributed by atoms with Crippen LogP contribution in [-0.2, 0) is 16.0 Å². The number of Topliss-reactive ketones (excluding diaryl/α,β-unsaturated/α-hetero) is 1. The number of hydrogen-bond acceptors (Lipinski definition) is 4. The maximum Gasteiger partial charge on any atom is 0.156 e. The number of rotatable bonds is 5. The van der Waals surface area contributed by atoms with Crippen molar-refractivity contribution in [1.82, 2.24) is 4.98 Å². The number of halogens is 1. The Morgan fingerprint density at radius 1 is 1.67 bits per heavy atom. The molecular formula is C10H13BrN2O2. The molecule has 1 heterocycles. The highest BCUT2D eigenvalue weighted by molar-refractivity contribution is 9.10. The monoisotopic (exact) mass is 272 g/mol. The average Bonchev–Trinajstić information content (AvgIpc) is 2.18. The molecule has 1 unspecified atom stereocenters. The molecule has 0 aliphatic heterocycles. The molecule has 0 radical (unpaired) electrons. The van der Waals surface area contributed by atoms with E-state index in [1.807, 2.05) is 6.07 Å². The Labute approximate surface area is 97.0 Å². The third-order valence-electron chi connectivity index (χ3n) is 1.90. The number of aromatic nitrogens is 1. The van der Waals surface area contributed by atoms with Crippen molar-refractivity contribution in [3.05, 3.63) is 28.5 Å². The van der Waals surface area contributed by atoms with E-state index in [4.69, 9.17) is 10.5 Å². The van der Waals surface area contributed by atoms with Crippen molar-refractivity contribution in [3.8, 4) is 0 Å². The van der Waals surface area contributed by atoms with Crippen LogP contribution in [-0.4, -0.2) is 30.5 Å². The molecule has 0 saturated heterocycles. The van der Waals surface area contributed by atoms with Gasteiger partial charge in [0.15, 0.2) is 5.78 Å². The molecule has 0 aliphatic rings. The largest absolute Gasteiger partial charge is 0.383 e. The topological polar surface area (TPSA) is 65.2 Å². The van der Waals surface area contributed by atoms with Gasteiger partial charge in [0, 0.05) is 30.4 Å². The summed E-state index contributed by atoms with van der Waals surface area (Å²) >= 11 is 3.29. The number of methoxy groups -OCH3 is 1. The number of nitrogens with zero attached hydrogens (tertiary/aromatic N) is 1. The first kappa shape index (κ1) is 12.3. The second kappa shape index (κ2) is 5.95. The summed E-state index contributed by atoms with van der Waals surface area (Å²) in [6.07, 6.45) is 3.61. The minimum absolute atomic E-state index is 0.0447. The third kappa shape index (κ3) is 4.07. The van der Waals surface area contributed by atoms with Crippen LogP contribution >= 0.6 is 15.9 Å². The Morgan fingerprint density at radius 3 is 3.00 bits per heavy atom. The van der Waals surface area contributed by atoms with E-state index in [-0.39, 0.29) is 18.8 Å². The van der Waals surface area contributed by atoms with Gasteiger partial charge in [-0.05, 0) is 27.6 Å². The van der Waals surface area contributed by atoms with Gasteiger partial charge in [-0.1, -0.05) is 0 Å². The first-order valence-electron chi connectivity index (χ1n) is 4.50. The molecule has 5 heteroatoms. The first-order valence-corrected chi connectivity index (χ1v) is 5.29. The maximum absolute atomic E-state index is 11.6. The highest BCUT2D eigenvalue weighted by Crippen LogP contribution is 2.10. The number of carbonyl (C=O) groups excluding carboxylic acids is 1. The highest BCUT2D eigenvalue weighted by Gasteiger charge is 2.13. The zero-order valence-corrected chi connectivity index (χ0v) is 10.0. The van der Waals surface area contributed by atoms with Crippen LogP contribution < -0.4 is 5.73 Å². The van der Waals surface area contributed by atoms with E-state index in [1.165, 1.54) is 7.11 Å². The van der Waals surface area contributed by atoms with Gasteiger partial charge in [0.1, 0.15) is 0 Å². The fourth-order valence-electron chi connectivity index (χ4n) is 1.16. The average molecular weight is 273 g/mol. The molecule has 0 saturated carbocycles. The molecule has 0 fully saturated rings. The smallest absolute Gasteiger partial charge is 0.156 e. The predicted molar refractivity (Wildman–Crippen MR) is 60.5 cm³/mol. The summed E-state index contributed by atoms with van der Waals surface area (Å²) in [6, 6.07) is 1.29. The molecule has 1 rings (SSSR count). The van der Waals surface area contributed by atoms with E-state index >= 15 is 0 Å². The van der Waals surface area contributed by atoms with Crippen molar-refractivity contribution >= 4 is 21.7 Å². The Balaban J connectivity index is 2.58. The van der Waals surface area contributed by atoms with Crippen LogP contribution in [0.3, 0.4) is 0 Å². The number of nitrogens with two attached hydrogens (primary N) is 1. The first-order chi connectivity index (χ1) is 7.13. The Morgan fingerprint density at radius 2 is 2.40 bits per heavy atom. The molecule has 1 atom stereocenters.